The Morgan fingerprint density at radius 2 is 1.91 bits per heavy atom. The van der Waals surface area contributed by atoms with E-state index in [9.17, 15) is 9.59 Å². The molecule has 6 heteroatoms. The predicted molar refractivity (Wildman–Crippen MR) is 90.9 cm³/mol. The molecular weight excluding hydrogens is 298 g/mol. The first-order chi connectivity index (χ1) is 10.4. The molecule has 0 unspecified atom stereocenters. The lowest BCUT2D eigenvalue weighted by Gasteiger charge is -2.25. The van der Waals surface area contributed by atoms with Gasteiger partial charge in [-0.25, -0.2) is 0 Å². The van der Waals surface area contributed by atoms with Crippen LogP contribution >= 0.6 is 12.2 Å². The molecule has 3 N–H and O–H groups in total. The highest BCUT2D eigenvalue weighted by molar-refractivity contribution is 7.80. The average molecular weight is 321 g/mol. The van der Waals surface area contributed by atoms with E-state index < -0.39 is 5.91 Å². The minimum absolute atomic E-state index is 0.114. The van der Waals surface area contributed by atoms with E-state index in [-0.39, 0.29) is 18.2 Å². The molecule has 0 radical (unpaired) electrons. The second-order valence-electron chi connectivity index (χ2n) is 5.57. The lowest BCUT2D eigenvalue weighted by molar-refractivity contribution is -0.120. The number of carbonyl (C=O) groups is 2. The summed E-state index contributed by atoms with van der Waals surface area (Å²) in [6.07, 6.45) is 0.599. The number of hydrogen-bond donors (Lipinski definition) is 2. The number of hydrogen-bond acceptors (Lipinski definition) is 3. The highest BCUT2D eigenvalue weighted by Crippen LogP contribution is 2.06. The van der Waals surface area contributed by atoms with Crippen LogP contribution in [-0.2, 0) is 16.1 Å². The van der Waals surface area contributed by atoms with E-state index in [0.717, 1.165) is 5.56 Å². The Balaban J connectivity index is 2.69. The molecule has 1 rings (SSSR count). The van der Waals surface area contributed by atoms with Crippen molar-refractivity contribution in [3.05, 3.63) is 35.9 Å². The topological polar surface area (TPSA) is 75.4 Å². The highest BCUT2D eigenvalue weighted by atomic mass is 32.1. The maximum atomic E-state index is 11.8. The van der Waals surface area contributed by atoms with Crippen molar-refractivity contribution in [3.63, 3.8) is 0 Å². The van der Waals surface area contributed by atoms with Crippen molar-refractivity contribution in [2.24, 2.45) is 11.7 Å². The van der Waals surface area contributed by atoms with Gasteiger partial charge in [-0.1, -0.05) is 44.2 Å². The van der Waals surface area contributed by atoms with Gasteiger partial charge < -0.3 is 16.0 Å². The molecule has 0 spiro atoms. The van der Waals surface area contributed by atoms with Crippen LogP contribution in [0, 0.1) is 5.92 Å². The number of rotatable bonds is 7. The van der Waals surface area contributed by atoms with Crippen LogP contribution in [0.2, 0.25) is 0 Å². The van der Waals surface area contributed by atoms with E-state index >= 15 is 0 Å². The van der Waals surface area contributed by atoms with Crippen molar-refractivity contribution in [1.29, 1.82) is 0 Å². The summed E-state index contributed by atoms with van der Waals surface area (Å²) in [5.41, 5.74) is 6.25. The van der Waals surface area contributed by atoms with Gasteiger partial charge in [-0.15, -0.1) is 0 Å². The first-order valence-corrected chi connectivity index (χ1v) is 7.70. The van der Waals surface area contributed by atoms with Crippen molar-refractivity contribution in [2.45, 2.75) is 33.2 Å². The normalized spacial score (nSPS) is 10.3. The molecule has 0 aliphatic heterocycles. The van der Waals surface area contributed by atoms with Crippen LogP contribution in [0.4, 0.5) is 0 Å². The van der Waals surface area contributed by atoms with E-state index in [1.807, 2.05) is 44.2 Å². The van der Waals surface area contributed by atoms with Crippen molar-refractivity contribution >= 4 is 29.1 Å². The summed E-state index contributed by atoms with van der Waals surface area (Å²) in [6.45, 7) is 4.84. The molecule has 22 heavy (non-hydrogen) atoms. The molecule has 120 valence electrons. The molecule has 0 aromatic heterocycles. The van der Waals surface area contributed by atoms with E-state index in [1.165, 1.54) is 0 Å². The Hall–Kier alpha value is -1.95. The summed E-state index contributed by atoms with van der Waals surface area (Å²) in [4.78, 5) is 24.6. The lowest BCUT2D eigenvalue weighted by Crippen LogP contribution is -2.43. The average Bonchev–Trinajstić information content (AvgIpc) is 2.43. The molecule has 0 saturated heterocycles. The molecule has 5 nitrogen and oxygen atoms in total. The largest absolute Gasteiger partial charge is 0.370 e. The minimum atomic E-state index is -0.394. The molecular formula is C16H23N3O2S. The van der Waals surface area contributed by atoms with Crippen LogP contribution in [0.5, 0.6) is 0 Å². The van der Waals surface area contributed by atoms with Crippen LogP contribution in [0.15, 0.2) is 30.3 Å². The van der Waals surface area contributed by atoms with Gasteiger partial charge in [0.1, 0.15) is 0 Å². The summed E-state index contributed by atoms with van der Waals surface area (Å²) in [5.74, 6) is -0.248. The molecule has 1 aromatic rings. The summed E-state index contributed by atoms with van der Waals surface area (Å²) in [5, 5.41) is 3.05. The number of thiocarbonyl (C=S) groups is 1. The Bertz CT molecular complexity index is 517. The Labute approximate surface area is 136 Å². The number of primary amides is 1. The monoisotopic (exact) mass is 321 g/mol. The van der Waals surface area contributed by atoms with Gasteiger partial charge in [-0.2, -0.15) is 0 Å². The van der Waals surface area contributed by atoms with Gasteiger partial charge in [0.15, 0.2) is 5.11 Å². The third-order valence-corrected chi connectivity index (χ3v) is 3.33. The summed E-state index contributed by atoms with van der Waals surface area (Å²) in [6, 6.07) is 9.73. The quantitative estimate of drug-likeness (QED) is 0.751. The fourth-order valence-electron chi connectivity index (χ4n) is 1.92. The van der Waals surface area contributed by atoms with Gasteiger partial charge in [-0.05, 0) is 23.7 Å². The second-order valence-corrected chi connectivity index (χ2v) is 5.96. The fraction of sp³-hybridized carbons (Fsp3) is 0.438. The van der Waals surface area contributed by atoms with E-state index in [0.29, 0.717) is 24.6 Å². The Morgan fingerprint density at radius 3 is 2.45 bits per heavy atom. The first kappa shape index (κ1) is 18.1. The Morgan fingerprint density at radius 1 is 1.27 bits per heavy atom. The molecule has 0 aliphatic rings. The minimum Gasteiger partial charge on any atom is -0.370 e. The molecule has 0 atom stereocenters. The number of amides is 2. The summed E-state index contributed by atoms with van der Waals surface area (Å²) >= 11 is 5.30. The van der Waals surface area contributed by atoms with Gasteiger partial charge in [-0.3, -0.25) is 9.59 Å². The molecule has 0 aliphatic carbocycles. The number of nitrogens with one attached hydrogen (secondary N) is 1. The van der Waals surface area contributed by atoms with Crippen molar-refractivity contribution in [3.8, 4) is 0 Å². The van der Waals surface area contributed by atoms with E-state index in [1.54, 1.807) is 4.90 Å². The van der Waals surface area contributed by atoms with Crippen molar-refractivity contribution in [1.82, 2.24) is 10.2 Å². The third kappa shape index (κ3) is 7.17. The SMILES string of the molecule is CC(C)CC(=O)NC(=S)N(CCC(N)=O)Cc1ccccc1. The number of nitrogens with zero attached hydrogens (tertiary/aromatic N) is 1. The zero-order valence-corrected chi connectivity index (χ0v) is 13.9. The number of benzene rings is 1. The summed E-state index contributed by atoms with van der Waals surface area (Å²) in [7, 11) is 0. The number of carbonyl (C=O) groups excluding carboxylic acids is 2. The third-order valence-electron chi connectivity index (χ3n) is 2.97. The molecule has 0 saturated carbocycles. The zero-order chi connectivity index (χ0) is 16.5. The second kappa shape index (κ2) is 9.15. The van der Waals surface area contributed by atoms with Crippen LogP contribution in [0.1, 0.15) is 32.3 Å². The van der Waals surface area contributed by atoms with Crippen LogP contribution in [-0.4, -0.2) is 28.4 Å². The van der Waals surface area contributed by atoms with E-state index in [2.05, 4.69) is 5.32 Å². The van der Waals surface area contributed by atoms with Gasteiger partial charge in [0.05, 0.1) is 0 Å². The van der Waals surface area contributed by atoms with Gasteiger partial charge in [0.2, 0.25) is 11.8 Å². The molecule has 0 fully saturated rings. The van der Waals surface area contributed by atoms with Gasteiger partial charge >= 0.3 is 0 Å². The Kier molecular flexibility index (Phi) is 7.52. The maximum Gasteiger partial charge on any atom is 0.226 e. The molecule has 0 bridgehead atoms. The fourth-order valence-corrected chi connectivity index (χ4v) is 2.19. The van der Waals surface area contributed by atoms with Gasteiger partial charge in [0.25, 0.3) is 0 Å². The van der Waals surface area contributed by atoms with Gasteiger partial charge in [0, 0.05) is 25.9 Å². The van der Waals surface area contributed by atoms with Crippen LogP contribution in [0.3, 0.4) is 0 Å². The first-order valence-electron chi connectivity index (χ1n) is 7.29. The highest BCUT2D eigenvalue weighted by Gasteiger charge is 2.14. The lowest BCUT2D eigenvalue weighted by atomic mass is 10.1. The maximum absolute atomic E-state index is 11.8. The van der Waals surface area contributed by atoms with Crippen LogP contribution in [0.25, 0.3) is 0 Å². The van der Waals surface area contributed by atoms with E-state index in [4.69, 9.17) is 18.0 Å². The number of nitrogens with two attached hydrogens (primary N) is 1. The smallest absolute Gasteiger partial charge is 0.226 e. The molecule has 1 aromatic carbocycles. The van der Waals surface area contributed by atoms with Crippen molar-refractivity contribution in [2.75, 3.05) is 6.54 Å². The van der Waals surface area contributed by atoms with Crippen molar-refractivity contribution < 1.29 is 9.59 Å². The predicted octanol–water partition coefficient (Wildman–Crippen LogP) is 1.81. The zero-order valence-electron chi connectivity index (χ0n) is 13.0. The standard InChI is InChI=1S/C16H23N3O2S/c1-12(2)10-15(21)18-16(22)19(9-8-14(17)20)11-13-6-4-3-5-7-13/h3-7,12H,8-11H2,1-2H3,(H2,17,20)(H,18,21,22). The summed E-state index contributed by atoms with van der Waals surface area (Å²) < 4.78 is 0. The molecule has 0 heterocycles. The van der Waals surface area contributed by atoms with Crippen LogP contribution < -0.4 is 11.1 Å². The molecule has 2 amide bonds.